The highest BCUT2D eigenvalue weighted by molar-refractivity contribution is 8.01. The van der Waals surface area contributed by atoms with Gasteiger partial charge in [0.15, 0.2) is 9.99 Å². The average molecular weight is 306 g/mol. The van der Waals surface area contributed by atoms with Crippen LogP contribution in [-0.2, 0) is 0 Å². The highest BCUT2D eigenvalue weighted by Crippen LogP contribution is 2.33. The number of carboxylic acids is 1. The summed E-state index contributed by atoms with van der Waals surface area (Å²) in [7, 11) is 0. The lowest BCUT2D eigenvalue weighted by atomic mass is 10.3. The largest absolute Gasteiger partial charge is 0.477 e. The number of aryl methyl sites for hydroxylation is 2. The average Bonchev–Trinajstić information content (AvgIpc) is 2.95. The molecule has 1 N–H and O–H groups in total. The molecule has 0 aliphatic heterocycles. The molecule has 0 fully saturated rings. The Bertz CT molecular complexity index is 809. The number of nitrogens with zero attached hydrogens (tertiary/aromatic N) is 4. The smallest absolute Gasteiger partial charge is 0.347 e. The minimum absolute atomic E-state index is 0.273. The number of rotatable bonds is 3. The molecule has 0 saturated carbocycles. The van der Waals surface area contributed by atoms with Crippen LogP contribution in [0.1, 0.15) is 20.9 Å². The molecule has 0 amide bonds. The van der Waals surface area contributed by atoms with E-state index < -0.39 is 5.97 Å². The first-order valence-corrected chi connectivity index (χ1v) is 7.37. The van der Waals surface area contributed by atoms with Gasteiger partial charge < -0.3 is 5.11 Å². The lowest BCUT2D eigenvalue weighted by Crippen LogP contribution is -1.94. The van der Waals surface area contributed by atoms with Crippen LogP contribution in [0.3, 0.4) is 0 Å². The van der Waals surface area contributed by atoms with Crippen LogP contribution in [0.4, 0.5) is 0 Å². The molecule has 0 saturated heterocycles. The fraction of sp³-hybridized carbons (Fsp3) is 0.167. The number of hydrogen-bond acceptors (Lipinski definition) is 6. The van der Waals surface area contributed by atoms with E-state index in [-0.39, 0.29) is 4.88 Å². The molecular weight excluding hydrogens is 296 g/mol. The number of hydrogen-bond donors (Lipinski definition) is 1. The van der Waals surface area contributed by atoms with Crippen molar-refractivity contribution in [3.63, 3.8) is 0 Å². The Morgan fingerprint density at radius 1 is 1.40 bits per heavy atom. The zero-order valence-corrected chi connectivity index (χ0v) is 12.3. The Labute approximate surface area is 122 Å². The Morgan fingerprint density at radius 3 is 2.90 bits per heavy atom. The van der Waals surface area contributed by atoms with E-state index >= 15 is 0 Å². The number of carboxylic acid groups (broad SMARTS) is 1. The fourth-order valence-corrected chi connectivity index (χ4v) is 3.94. The molecule has 3 heterocycles. The third kappa shape index (κ3) is 2.27. The van der Waals surface area contributed by atoms with Gasteiger partial charge in [-0.3, -0.25) is 0 Å². The van der Waals surface area contributed by atoms with Gasteiger partial charge >= 0.3 is 5.97 Å². The van der Waals surface area contributed by atoms with Gasteiger partial charge in [0.1, 0.15) is 16.2 Å². The summed E-state index contributed by atoms with van der Waals surface area (Å²) >= 11 is 2.56. The maximum Gasteiger partial charge on any atom is 0.347 e. The molecule has 3 rings (SSSR count). The second-order valence-corrected chi connectivity index (χ2v) is 6.47. The van der Waals surface area contributed by atoms with Gasteiger partial charge in [-0.15, -0.1) is 0 Å². The molecule has 0 aliphatic rings. The van der Waals surface area contributed by atoms with E-state index in [1.165, 1.54) is 29.4 Å². The first-order valence-electron chi connectivity index (χ1n) is 5.73. The highest BCUT2D eigenvalue weighted by atomic mass is 32.2. The molecule has 0 unspecified atom stereocenters. The van der Waals surface area contributed by atoms with Crippen LogP contribution in [-0.4, -0.2) is 30.7 Å². The minimum atomic E-state index is -0.943. The molecule has 6 nitrogen and oxygen atoms in total. The van der Waals surface area contributed by atoms with E-state index in [0.717, 1.165) is 16.2 Å². The normalized spacial score (nSPS) is 11.1. The number of pyridine rings is 1. The van der Waals surface area contributed by atoms with Crippen molar-refractivity contribution in [1.82, 2.24) is 19.6 Å². The number of aromatic nitrogens is 4. The summed E-state index contributed by atoms with van der Waals surface area (Å²) in [5.41, 5.74) is 2.37. The maximum atomic E-state index is 11.0. The molecular formula is C12H10N4O2S2. The summed E-state index contributed by atoms with van der Waals surface area (Å²) < 4.78 is 2.40. The number of fused-ring (bicyclic) bond motifs is 1. The second kappa shape index (κ2) is 4.88. The van der Waals surface area contributed by atoms with Gasteiger partial charge in [0.05, 0.1) is 5.69 Å². The summed E-state index contributed by atoms with van der Waals surface area (Å²) in [5, 5.41) is 14.1. The van der Waals surface area contributed by atoms with Gasteiger partial charge in [0, 0.05) is 0 Å². The fourth-order valence-electron chi connectivity index (χ4n) is 1.80. The summed E-state index contributed by atoms with van der Waals surface area (Å²) in [6, 6.07) is 3.91. The minimum Gasteiger partial charge on any atom is -0.477 e. The molecule has 3 aromatic heterocycles. The Kier molecular flexibility index (Phi) is 3.19. The van der Waals surface area contributed by atoms with Crippen LogP contribution in [0.25, 0.3) is 5.65 Å². The molecule has 0 aromatic carbocycles. The van der Waals surface area contributed by atoms with E-state index in [9.17, 15) is 4.79 Å². The lowest BCUT2D eigenvalue weighted by Gasteiger charge is -2.02. The van der Waals surface area contributed by atoms with Crippen LogP contribution < -0.4 is 0 Å². The van der Waals surface area contributed by atoms with Crippen LogP contribution in [0.15, 0.2) is 27.8 Å². The van der Waals surface area contributed by atoms with Gasteiger partial charge in [-0.05, 0) is 43.3 Å². The van der Waals surface area contributed by atoms with Crippen molar-refractivity contribution >= 4 is 34.7 Å². The van der Waals surface area contributed by atoms with Gasteiger partial charge in [0.2, 0.25) is 0 Å². The Hall–Kier alpha value is -1.93. The molecule has 8 heteroatoms. The standard InChI is InChI=1S/C12H10N4O2S2/c1-6-3-8-13-5-14-16(8)9(4-6)19-12-15-7(2)10(20-12)11(17)18/h3-5H,1-2H3,(H,17,18). The van der Waals surface area contributed by atoms with E-state index in [4.69, 9.17) is 5.11 Å². The zero-order chi connectivity index (χ0) is 14.3. The lowest BCUT2D eigenvalue weighted by molar-refractivity contribution is 0.0701. The van der Waals surface area contributed by atoms with Crippen molar-refractivity contribution in [1.29, 1.82) is 0 Å². The van der Waals surface area contributed by atoms with Gasteiger partial charge in [-0.2, -0.15) is 5.10 Å². The Morgan fingerprint density at radius 2 is 2.20 bits per heavy atom. The number of carbonyl (C=O) groups is 1. The van der Waals surface area contributed by atoms with E-state index in [0.29, 0.717) is 10.0 Å². The summed E-state index contributed by atoms with van der Waals surface area (Å²) in [6.07, 6.45) is 1.49. The number of thiazole rings is 1. The summed E-state index contributed by atoms with van der Waals surface area (Å²) in [6.45, 7) is 3.68. The SMILES string of the molecule is Cc1cc(Sc2nc(C)c(C(=O)O)s2)n2ncnc2c1. The van der Waals surface area contributed by atoms with Crippen molar-refractivity contribution in [2.24, 2.45) is 0 Å². The van der Waals surface area contributed by atoms with Crippen LogP contribution in [0.2, 0.25) is 0 Å². The highest BCUT2D eigenvalue weighted by Gasteiger charge is 2.16. The molecule has 0 spiro atoms. The van der Waals surface area contributed by atoms with Crippen molar-refractivity contribution in [2.45, 2.75) is 23.2 Å². The number of aromatic carboxylic acids is 1. The predicted molar refractivity (Wildman–Crippen MR) is 75.7 cm³/mol. The second-order valence-electron chi connectivity index (χ2n) is 4.20. The summed E-state index contributed by atoms with van der Waals surface area (Å²) in [5.74, 6) is -0.943. The monoisotopic (exact) mass is 306 g/mol. The van der Waals surface area contributed by atoms with Gasteiger partial charge in [0.25, 0.3) is 0 Å². The van der Waals surface area contributed by atoms with E-state index in [1.807, 2.05) is 19.1 Å². The molecule has 0 atom stereocenters. The molecule has 20 heavy (non-hydrogen) atoms. The molecule has 102 valence electrons. The van der Waals surface area contributed by atoms with Crippen molar-refractivity contribution in [3.8, 4) is 0 Å². The third-order valence-corrected chi connectivity index (χ3v) is 4.86. The van der Waals surface area contributed by atoms with Crippen LogP contribution in [0, 0.1) is 13.8 Å². The van der Waals surface area contributed by atoms with E-state index in [1.54, 1.807) is 11.4 Å². The van der Waals surface area contributed by atoms with Gasteiger partial charge in [-0.1, -0.05) is 11.3 Å². The molecule has 0 radical (unpaired) electrons. The zero-order valence-electron chi connectivity index (χ0n) is 10.7. The molecule has 3 aromatic rings. The maximum absolute atomic E-state index is 11.0. The molecule has 0 aliphatic carbocycles. The van der Waals surface area contributed by atoms with E-state index in [2.05, 4.69) is 15.1 Å². The van der Waals surface area contributed by atoms with Crippen molar-refractivity contribution in [2.75, 3.05) is 0 Å². The first kappa shape index (κ1) is 13.1. The quantitative estimate of drug-likeness (QED) is 0.801. The van der Waals surface area contributed by atoms with Crippen LogP contribution in [0.5, 0.6) is 0 Å². The summed E-state index contributed by atoms with van der Waals surface area (Å²) in [4.78, 5) is 19.8. The van der Waals surface area contributed by atoms with Crippen molar-refractivity contribution in [3.05, 3.63) is 34.6 Å². The first-order chi connectivity index (χ1) is 9.54. The van der Waals surface area contributed by atoms with Crippen molar-refractivity contribution < 1.29 is 9.90 Å². The van der Waals surface area contributed by atoms with Gasteiger partial charge in [-0.25, -0.2) is 19.3 Å². The predicted octanol–water partition coefficient (Wildman–Crippen LogP) is 2.65. The topological polar surface area (TPSA) is 80.4 Å². The molecule has 0 bridgehead atoms. The van der Waals surface area contributed by atoms with Crippen LogP contribution >= 0.6 is 23.1 Å². The third-order valence-electron chi connectivity index (χ3n) is 2.65. The Balaban J connectivity index is 2.03.